The molecule has 2 N–H and O–H groups in total. The lowest BCUT2D eigenvalue weighted by molar-refractivity contribution is -0.157. The summed E-state index contributed by atoms with van der Waals surface area (Å²) in [7, 11) is 0. The van der Waals surface area contributed by atoms with Gasteiger partial charge in [0.2, 0.25) is 11.4 Å². The van der Waals surface area contributed by atoms with Crippen molar-refractivity contribution < 1.29 is 19.1 Å². The highest BCUT2D eigenvalue weighted by molar-refractivity contribution is 6.37. The molecule has 0 saturated carbocycles. The van der Waals surface area contributed by atoms with E-state index >= 15 is 0 Å². The van der Waals surface area contributed by atoms with Crippen LogP contribution in [0.15, 0.2) is 12.1 Å². The zero-order chi connectivity index (χ0) is 16.5. The lowest BCUT2D eigenvalue weighted by Crippen LogP contribution is -2.65. The van der Waals surface area contributed by atoms with E-state index in [1.165, 1.54) is 13.0 Å². The zero-order valence-corrected chi connectivity index (χ0v) is 13.5. The maximum Gasteiger partial charge on any atom is 0.342 e. The first-order valence-electron chi connectivity index (χ1n) is 6.55. The number of esters is 1. The Morgan fingerprint density at radius 2 is 2.09 bits per heavy atom. The second-order valence-corrected chi connectivity index (χ2v) is 5.70. The van der Waals surface area contributed by atoms with Crippen molar-refractivity contribution in [2.24, 2.45) is 0 Å². The first-order valence-corrected chi connectivity index (χ1v) is 7.31. The SMILES string of the molecule is CCOC(=O)C1(NC(C)=O)Cc2cc(Cl)cc(Cl)c2NC1=O. The fourth-order valence-corrected chi connectivity index (χ4v) is 2.95. The van der Waals surface area contributed by atoms with E-state index in [4.69, 9.17) is 27.9 Å². The Morgan fingerprint density at radius 3 is 2.68 bits per heavy atom. The second kappa shape index (κ2) is 6.14. The third-order valence-electron chi connectivity index (χ3n) is 3.23. The third kappa shape index (κ3) is 2.89. The van der Waals surface area contributed by atoms with E-state index in [1.54, 1.807) is 13.0 Å². The number of amides is 2. The number of carbonyl (C=O) groups is 3. The van der Waals surface area contributed by atoms with Gasteiger partial charge in [-0.15, -0.1) is 0 Å². The van der Waals surface area contributed by atoms with Crippen molar-refractivity contribution in [1.82, 2.24) is 5.32 Å². The van der Waals surface area contributed by atoms with Crippen LogP contribution in [-0.4, -0.2) is 29.9 Å². The Morgan fingerprint density at radius 1 is 1.41 bits per heavy atom. The molecule has 1 aromatic carbocycles. The molecule has 0 aliphatic carbocycles. The van der Waals surface area contributed by atoms with Crippen LogP contribution in [0, 0.1) is 0 Å². The number of hydrogen-bond donors (Lipinski definition) is 2. The number of hydrogen-bond acceptors (Lipinski definition) is 4. The van der Waals surface area contributed by atoms with Crippen molar-refractivity contribution >= 4 is 46.7 Å². The molecule has 0 fully saturated rings. The van der Waals surface area contributed by atoms with Gasteiger partial charge in [0.25, 0.3) is 5.91 Å². The maximum atomic E-state index is 12.4. The van der Waals surface area contributed by atoms with Crippen LogP contribution in [0.4, 0.5) is 5.69 Å². The fourth-order valence-electron chi connectivity index (χ4n) is 2.36. The van der Waals surface area contributed by atoms with Crippen LogP contribution in [0.3, 0.4) is 0 Å². The van der Waals surface area contributed by atoms with E-state index in [0.29, 0.717) is 16.3 Å². The Labute approximate surface area is 137 Å². The Hall–Kier alpha value is -1.79. The van der Waals surface area contributed by atoms with Gasteiger partial charge >= 0.3 is 5.97 Å². The van der Waals surface area contributed by atoms with Crippen LogP contribution in [0.5, 0.6) is 0 Å². The van der Waals surface area contributed by atoms with Crippen molar-refractivity contribution in [2.75, 3.05) is 11.9 Å². The van der Waals surface area contributed by atoms with Gasteiger partial charge in [-0.1, -0.05) is 23.2 Å². The molecule has 0 saturated heterocycles. The largest absolute Gasteiger partial charge is 0.464 e. The predicted molar refractivity (Wildman–Crippen MR) is 82.0 cm³/mol. The van der Waals surface area contributed by atoms with Gasteiger partial charge in [0, 0.05) is 18.4 Å². The molecule has 2 rings (SSSR count). The summed E-state index contributed by atoms with van der Waals surface area (Å²) in [5, 5.41) is 5.57. The van der Waals surface area contributed by atoms with E-state index in [2.05, 4.69) is 10.6 Å². The number of halogens is 2. The van der Waals surface area contributed by atoms with Gasteiger partial charge in [-0.3, -0.25) is 9.59 Å². The summed E-state index contributed by atoms with van der Waals surface area (Å²) in [5.41, 5.74) is -0.914. The van der Waals surface area contributed by atoms with Gasteiger partial charge in [-0.2, -0.15) is 0 Å². The molecule has 1 aliphatic heterocycles. The van der Waals surface area contributed by atoms with Gasteiger partial charge in [0.1, 0.15) is 0 Å². The van der Waals surface area contributed by atoms with E-state index < -0.39 is 23.3 Å². The van der Waals surface area contributed by atoms with Crippen LogP contribution in [0.25, 0.3) is 0 Å². The number of nitrogens with one attached hydrogen (secondary N) is 2. The molecule has 0 aromatic heterocycles. The average molecular weight is 345 g/mol. The van der Waals surface area contributed by atoms with Crippen LogP contribution in [0.1, 0.15) is 19.4 Å². The molecule has 0 spiro atoms. The fraction of sp³-hybridized carbons (Fsp3) is 0.357. The molecular weight excluding hydrogens is 331 g/mol. The van der Waals surface area contributed by atoms with Gasteiger partial charge in [-0.25, -0.2) is 4.79 Å². The standard InChI is InChI=1S/C14H14Cl2N2O4/c1-3-22-13(21)14(18-7(2)19)6-8-4-9(15)5-10(16)11(8)17-12(14)20/h4-5H,3,6H2,1-2H3,(H,17,20)(H,18,19). The molecule has 6 nitrogen and oxygen atoms in total. The van der Waals surface area contributed by atoms with Crippen LogP contribution in [-0.2, 0) is 25.5 Å². The lowest BCUT2D eigenvalue weighted by atomic mass is 9.85. The minimum atomic E-state index is -1.83. The summed E-state index contributed by atoms with van der Waals surface area (Å²) in [4.78, 5) is 36.2. The summed E-state index contributed by atoms with van der Waals surface area (Å²) in [6.07, 6.45) is -0.0904. The van der Waals surface area contributed by atoms with Crippen LogP contribution in [0.2, 0.25) is 10.0 Å². The molecule has 118 valence electrons. The van der Waals surface area contributed by atoms with Crippen molar-refractivity contribution in [2.45, 2.75) is 25.8 Å². The van der Waals surface area contributed by atoms with Gasteiger partial charge in [-0.05, 0) is 24.6 Å². The third-order valence-corrected chi connectivity index (χ3v) is 3.75. The Kier molecular flexibility index (Phi) is 4.63. The maximum absolute atomic E-state index is 12.4. The van der Waals surface area contributed by atoms with E-state index in [9.17, 15) is 14.4 Å². The minimum absolute atomic E-state index is 0.0800. The molecular formula is C14H14Cl2N2O4. The van der Waals surface area contributed by atoms with E-state index in [-0.39, 0.29) is 18.1 Å². The Balaban J connectivity index is 2.53. The molecule has 0 bridgehead atoms. The molecule has 0 radical (unpaired) electrons. The average Bonchev–Trinajstić information content (AvgIpc) is 2.40. The predicted octanol–water partition coefficient (Wildman–Crippen LogP) is 1.93. The highest BCUT2D eigenvalue weighted by Crippen LogP contribution is 2.36. The molecule has 8 heteroatoms. The molecule has 1 aromatic rings. The van der Waals surface area contributed by atoms with Gasteiger partial charge < -0.3 is 15.4 Å². The summed E-state index contributed by atoms with van der Waals surface area (Å²) in [5.74, 6) is -2.05. The van der Waals surface area contributed by atoms with Crippen molar-refractivity contribution in [3.63, 3.8) is 0 Å². The normalized spacial score (nSPS) is 19.9. The molecule has 1 aliphatic rings. The summed E-state index contributed by atoms with van der Waals surface area (Å²) in [6.45, 7) is 2.91. The molecule has 1 heterocycles. The minimum Gasteiger partial charge on any atom is -0.464 e. The summed E-state index contributed by atoms with van der Waals surface area (Å²) in [6, 6.07) is 3.07. The van der Waals surface area contributed by atoms with Crippen LogP contribution >= 0.6 is 23.2 Å². The van der Waals surface area contributed by atoms with Crippen molar-refractivity contribution in [3.05, 3.63) is 27.7 Å². The lowest BCUT2D eigenvalue weighted by Gasteiger charge is -2.35. The van der Waals surface area contributed by atoms with Gasteiger partial charge in [0.05, 0.1) is 17.3 Å². The highest BCUT2D eigenvalue weighted by Gasteiger charge is 2.51. The first kappa shape index (κ1) is 16.6. The zero-order valence-electron chi connectivity index (χ0n) is 12.0. The molecule has 1 atom stereocenters. The molecule has 2 amide bonds. The van der Waals surface area contributed by atoms with Crippen molar-refractivity contribution in [3.8, 4) is 0 Å². The molecule has 1 unspecified atom stereocenters. The Bertz CT molecular complexity index is 662. The first-order chi connectivity index (χ1) is 10.3. The molecule has 22 heavy (non-hydrogen) atoms. The quantitative estimate of drug-likeness (QED) is 0.648. The second-order valence-electron chi connectivity index (χ2n) is 4.86. The van der Waals surface area contributed by atoms with E-state index in [0.717, 1.165) is 0 Å². The number of anilines is 1. The van der Waals surface area contributed by atoms with E-state index in [1.807, 2.05) is 0 Å². The van der Waals surface area contributed by atoms with Crippen molar-refractivity contribution in [1.29, 1.82) is 0 Å². The smallest absolute Gasteiger partial charge is 0.342 e. The topological polar surface area (TPSA) is 84.5 Å². The van der Waals surface area contributed by atoms with Crippen LogP contribution < -0.4 is 10.6 Å². The number of carbonyl (C=O) groups excluding carboxylic acids is 3. The number of benzene rings is 1. The number of rotatable bonds is 3. The highest BCUT2D eigenvalue weighted by atomic mass is 35.5. The summed E-state index contributed by atoms with van der Waals surface area (Å²) >= 11 is 12.0. The number of fused-ring (bicyclic) bond motifs is 1. The van der Waals surface area contributed by atoms with Gasteiger partial charge in [0.15, 0.2) is 0 Å². The monoisotopic (exact) mass is 344 g/mol. The summed E-state index contributed by atoms with van der Waals surface area (Å²) < 4.78 is 4.95. The number of ether oxygens (including phenoxy) is 1.